The van der Waals surface area contributed by atoms with Gasteiger partial charge in [-0.3, -0.25) is 4.68 Å². The molecule has 1 N–H and O–H groups in total. The first-order chi connectivity index (χ1) is 9.29. The normalized spacial score (nSPS) is 17.9. The SMILES string of the molecule is CCCNCC(=Cc1cnn(C)c1)C1CCCCC1. The van der Waals surface area contributed by atoms with Crippen LogP contribution < -0.4 is 5.32 Å². The summed E-state index contributed by atoms with van der Waals surface area (Å²) < 4.78 is 1.88. The molecule has 1 aliphatic rings. The predicted molar refractivity (Wildman–Crippen MR) is 80.9 cm³/mol. The lowest BCUT2D eigenvalue weighted by molar-refractivity contribution is 0.396. The summed E-state index contributed by atoms with van der Waals surface area (Å²) in [6, 6.07) is 0. The zero-order valence-electron chi connectivity index (χ0n) is 12.4. The molecule has 1 heterocycles. The maximum atomic E-state index is 4.26. The Morgan fingerprint density at radius 1 is 1.42 bits per heavy atom. The molecule has 0 radical (unpaired) electrons. The van der Waals surface area contributed by atoms with Gasteiger partial charge in [-0.25, -0.2) is 0 Å². The van der Waals surface area contributed by atoms with Crippen molar-refractivity contribution in [1.82, 2.24) is 15.1 Å². The van der Waals surface area contributed by atoms with Gasteiger partial charge in [0.25, 0.3) is 0 Å². The quantitative estimate of drug-likeness (QED) is 0.796. The summed E-state index contributed by atoms with van der Waals surface area (Å²) in [6.45, 7) is 4.36. The molecule has 1 aliphatic carbocycles. The van der Waals surface area contributed by atoms with Crippen LogP contribution in [0.25, 0.3) is 6.08 Å². The molecule has 1 saturated carbocycles. The molecule has 0 atom stereocenters. The Morgan fingerprint density at radius 3 is 2.84 bits per heavy atom. The minimum Gasteiger partial charge on any atom is -0.313 e. The highest BCUT2D eigenvalue weighted by atomic mass is 15.2. The zero-order chi connectivity index (χ0) is 13.5. The average molecular weight is 261 g/mol. The molecule has 0 aromatic carbocycles. The van der Waals surface area contributed by atoms with E-state index >= 15 is 0 Å². The molecule has 1 fully saturated rings. The van der Waals surface area contributed by atoms with Crippen LogP contribution in [0.4, 0.5) is 0 Å². The van der Waals surface area contributed by atoms with E-state index in [9.17, 15) is 0 Å². The summed E-state index contributed by atoms with van der Waals surface area (Å²) in [5, 5.41) is 7.83. The van der Waals surface area contributed by atoms with Gasteiger partial charge in [0, 0.05) is 25.4 Å². The zero-order valence-corrected chi connectivity index (χ0v) is 12.4. The molecule has 1 aromatic heterocycles. The Bertz CT molecular complexity index is 400. The van der Waals surface area contributed by atoms with Crippen LogP contribution in [0.3, 0.4) is 0 Å². The fraction of sp³-hybridized carbons (Fsp3) is 0.688. The fourth-order valence-electron chi connectivity index (χ4n) is 2.92. The standard InChI is InChI=1S/C16H27N3/c1-3-9-17-12-16(15-7-5-4-6-8-15)10-14-11-18-19(2)13-14/h10-11,13,15,17H,3-9,12H2,1-2H3. The first-order valence-electron chi connectivity index (χ1n) is 7.69. The maximum absolute atomic E-state index is 4.26. The van der Waals surface area contributed by atoms with E-state index in [-0.39, 0.29) is 0 Å². The number of hydrogen-bond donors (Lipinski definition) is 1. The molecule has 3 nitrogen and oxygen atoms in total. The van der Waals surface area contributed by atoms with Gasteiger partial charge in [-0.15, -0.1) is 0 Å². The summed E-state index contributed by atoms with van der Waals surface area (Å²) in [7, 11) is 1.98. The number of aryl methyl sites for hydroxylation is 1. The topological polar surface area (TPSA) is 29.9 Å². The second-order valence-corrected chi connectivity index (χ2v) is 5.68. The van der Waals surface area contributed by atoms with Crippen molar-refractivity contribution in [1.29, 1.82) is 0 Å². The number of nitrogens with one attached hydrogen (secondary N) is 1. The van der Waals surface area contributed by atoms with Crippen LogP contribution in [-0.2, 0) is 7.05 Å². The number of nitrogens with zero attached hydrogens (tertiary/aromatic N) is 2. The van der Waals surface area contributed by atoms with Crippen molar-refractivity contribution >= 4 is 6.08 Å². The van der Waals surface area contributed by atoms with Gasteiger partial charge in [0.1, 0.15) is 0 Å². The van der Waals surface area contributed by atoms with E-state index in [1.165, 1.54) is 44.1 Å². The monoisotopic (exact) mass is 261 g/mol. The van der Waals surface area contributed by atoms with E-state index < -0.39 is 0 Å². The summed E-state index contributed by atoms with van der Waals surface area (Å²) in [6.07, 6.45) is 14.5. The van der Waals surface area contributed by atoms with E-state index in [1.54, 1.807) is 5.57 Å². The third-order valence-corrected chi connectivity index (χ3v) is 3.96. The van der Waals surface area contributed by atoms with Crippen LogP contribution in [0.15, 0.2) is 18.0 Å². The van der Waals surface area contributed by atoms with Crippen LogP contribution in [0.2, 0.25) is 0 Å². The maximum Gasteiger partial charge on any atom is 0.0562 e. The molecule has 1 aromatic rings. The first-order valence-corrected chi connectivity index (χ1v) is 7.69. The second-order valence-electron chi connectivity index (χ2n) is 5.68. The van der Waals surface area contributed by atoms with Crippen molar-refractivity contribution in [2.75, 3.05) is 13.1 Å². The highest BCUT2D eigenvalue weighted by Crippen LogP contribution is 2.30. The van der Waals surface area contributed by atoms with E-state index in [4.69, 9.17) is 0 Å². The molecule has 0 aliphatic heterocycles. The molecule has 0 spiro atoms. The van der Waals surface area contributed by atoms with E-state index in [0.717, 1.165) is 19.0 Å². The molecule has 2 rings (SSSR count). The van der Waals surface area contributed by atoms with Crippen LogP contribution in [0.5, 0.6) is 0 Å². The predicted octanol–water partition coefficient (Wildman–Crippen LogP) is 3.38. The third kappa shape index (κ3) is 4.50. The van der Waals surface area contributed by atoms with Crippen LogP contribution in [-0.4, -0.2) is 22.9 Å². The lowest BCUT2D eigenvalue weighted by Gasteiger charge is -2.25. The lowest BCUT2D eigenvalue weighted by atomic mass is 9.83. The minimum absolute atomic E-state index is 0.776. The summed E-state index contributed by atoms with van der Waals surface area (Å²) in [5.41, 5.74) is 2.81. The van der Waals surface area contributed by atoms with Gasteiger partial charge in [-0.05, 0) is 31.7 Å². The van der Waals surface area contributed by atoms with Crippen molar-refractivity contribution in [2.45, 2.75) is 45.4 Å². The minimum atomic E-state index is 0.776. The molecule has 19 heavy (non-hydrogen) atoms. The Labute approximate surface area is 117 Å². The molecule has 0 amide bonds. The van der Waals surface area contributed by atoms with Gasteiger partial charge in [0.05, 0.1) is 6.20 Å². The molecule has 0 unspecified atom stereocenters. The third-order valence-electron chi connectivity index (χ3n) is 3.96. The first kappa shape index (κ1) is 14.3. The summed E-state index contributed by atoms with van der Waals surface area (Å²) in [5.74, 6) is 0.776. The van der Waals surface area contributed by atoms with Gasteiger partial charge >= 0.3 is 0 Å². The molecule has 106 valence electrons. The second kappa shape index (κ2) is 7.49. The Morgan fingerprint density at radius 2 is 2.21 bits per heavy atom. The summed E-state index contributed by atoms with van der Waals surface area (Å²) in [4.78, 5) is 0. The average Bonchev–Trinajstić information content (AvgIpc) is 2.84. The smallest absolute Gasteiger partial charge is 0.0562 e. The summed E-state index contributed by atoms with van der Waals surface area (Å²) >= 11 is 0. The van der Waals surface area contributed by atoms with Gasteiger partial charge in [-0.1, -0.05) is 37.8 Å². The van der Waals surface area contributed by atoms with E-state index in [2.05, 4.69) is 29.6 Å². The molecular weight excluding hydrogens is 234 g/mol. The van der Waals surface area contributed by atoms with Gasteiger partial charge in [0.15, 0.2) is 0 Å². The van der Waals surface area contributed by atoms with E-state index in [0.29, 0.717) is 0 Å². The van der Waals surface area contributed by atoms with Crippen molar-refractivity contribution in [3.8, 4) is 0 Å². The molecule has 3 heteroatoms. The van der Waals surface area contributed by atoms with Gasteiger partial charge in [-0.2, -0.15) is 5.10 Å². The highest BCUT2D eigenvalue weighted by Gasteiger charge is 2.17. The van der Waals surface area contributed by atoms with Crippen LogP contribution >= 0.6 is 0 Å². The number of aromatic nitrogens is 2. The Balaban J connectivity index is 2.05. The molecular formula is C16H27N3. The van der Waals surface area contributed by atoms with E-state index in [1.807, 2.05) is 17.9 Å². The van der Waals surface area contributed by atoms with Crippen LogP contribution in [0.1, 0.15) is 51.0 Å². The van der Waals surface area contributed by atoms with Gasteiger partial charge in [0.2, 0.25) is 0 Å². The Hall–Kier alpha value is -1.09. The lowest BCUT2D eigenvalue weighted by Crippen LogP contribution is -2.22. The molecule has 0 bridgehead atoms. The van der Waals surface area contributed by atoms with Crippen molar-refractivity contribution in [2.24, 2.45) is 13.0 Å². The van der Waals surface area contributed by atoms with Gasteiger partial charge < -0.3 is 5.32 Å². The van der Waals surface area contributed by atoms with Crippen LogP contribution in [0, 0.1) is 5.92 Å². The molecule has 0 saturated heterocycles. The largest absolute Gasteiger partial charge is 0.313 e. The highest BCUT2D eigenvalue weighted by molar-refractivity contribution is 5.52. The van der Waals surface area contributed by atoms with Crippen molar-refractivity contribution in [3.05, 3.63) is 23.5 Å². The fourth-order valence-corrected chi connectivity index (χ4v) is 2.92. The van der Waals surface area contributed by atoms with Crippen molar-refractivity contribution < 1.29 is 0 Å². The van der Waals surface area contributed by atoms with Crippen molar-refractivity contribution in [3.63, 3.8) is 0 Å². The Kier molecular flexibility index (Phi) is 5.64. The number of rotatable bonds is 6. The number of hydrogen-bond acceptors (Lipinski definition) is 2.